The van der Waals surface area contributed by atoms with Gasteiger partial charge in [-0.1, -0.05) is 38.1 Å². The van der Waals surface area contributed by atoms with Crippen LogP contribution in [0.3, 0.4) is 0 Å². The largest absolute Gasteiger partial charge is 0.312 e. The van der Waals surface area contributed by atoms with Crippen molar-refractivity contribution in [3.8, 4) is 0 Å². The molecule has 0 bridgehead atoms. The van der Waals surface area contributed by atoms with Gasteiger partial charge in [0.25, 0.3) is 0 Å². The quantitative estimate of drug-likeness (QED) is 0.729. The molecule has 0 amide bonds. The zero-order valence-electron chi connectivity index (χ0n) is 9.83. The third-order valence-corrected chi connectivity index (χ3v) is 3.42. The van der Waals surface area contributed by atoms with Gasteiger partial charge in [0, 0.05) is 11.8 Å². The zero-order chi connectivity index (χ0) is 11.3. The van der Waals surface area contributed by atoms with Crippen molar-refractivity contribution < 1.29 is 0 Å². The van der Waals surface area contributed by atoms with Gasteiger partial charge in [-0.3, -0.25) is 0 Å². The van der Waals surface area contributed by atoms with E-state index in [1.165, 1.54) is 17.5 Å². The van der Waals surface area contributed by atoms with Crippen LogP contribution < -0.4 is 5.32 Å². The Balaban J connectivity index is 2.79. The number of nitrogens with one attached hydrogen (secondary N) is 1. The number of hydrogen-bond donors (Lipinski definition) is 2. The van der Waals surface area contributed by atoms with Crippen molar-refractivity contribution in [2.75, 3.05) is 12.8 Å². The lowest BCUT2D eigenvalue weighted by molar-refractivity contribution is 0.661. The van der Waals surface area contributed by atoms with Crippen LogP contribution >= 0.6 is 12.6 Å². The van der Waals surface area contributed by atoms with Crippen LogP contribution in [-0.4, -0.2) is 12.8 Å². The molecule has 0 aliphatic heterocycles. The van der Waals surface area contributed by atoms with E-state index in [9.17, 15) is 0 Å². The maximum atomic E-state index is 4.33. The molecule has 2 atom stereocenters. The van der Waals surface area contributed by atoms with Gasteiger partial charge in [-0.15, -0.1) is 0 Å². The molecule has 1 N–H and O–H groups in total. The van der Waals surface area contributed by atoms with Gasteiger partial charge in [0.1, 0.15) is 0 Å². The van der Waals surface area contributed by atoms with Gasteiger partial charge in [0.05, 0.1) is 0 Å². The first-order chi connectivity index (χ1) is 7.22. The van der Waals surface area contributed by atoms with E-state index < -0.39 is 0 Å². The molecule has 0 saturated heterocycles. The lowest BCUT2D eigenvalue weighted by Crippen LogP contribution is -2.17. The summed E-state index contributed by atoms with van der Waals surface area (Å²) in [5.41, 5.74) is 2.75. The van der Waals surface area contributed by atoms with Crippen molar-refractivity contribution >= 4 is 12.6 Å². The van der Waals surface area contributed by atoms with Gasteiger partial charge in [-0.05, 0) is 30.5 Å². The first kappa shape index (κ1) is 12.6. The molecule has 0 aromatic heterocycles. The summed E-state index contributed by atoms with van der Waals surface area (Å²) in [6, 6.07) is 9.24. The van der Waals surface area contributed by atoms with Crippen molar-refractivity contribution in [2.45, 2.75) is 32.2 Å². The summed E-state index contributed by atoms with van der Waals surface area (Å²) in [5.74, 6) is 1.49. The number of benzene rings is 1. The number of hydrogen-bond acceptors (Lipinski definition) is 2. The molecule has 1 rings (SSSR count). The maximum absolute atomic E-state index is 4.33. The average Bonchev–Trinajstić information content (AvgIpc) is 2.30. The normalized spacial score (nSPS) is 14.9. The molecular formula is C13H21NS. The van der Waals surface area contributed by atoms with Crippen LogP contribution in [0.2, 0.25) is 0 Å². The summed E-state index contributed by atoms with van der Waals surface area (Å²) >= 11 is 4.33. The zero-order valence-corrected chi connectivity index (χ0v) is 10.7. The minimum Gasteiger partial charge on any atom is -0.312 e. The second-order valence-corrected chi connectivity index (χ2v) is 4.36. The molecule has 15 heavy (non-hydrogen) atoms. The third kappa shape index (κ3) is 3.25. The summed E-state index contributed by atoms with van der Waals surface area (Å²) in [4.78, 5) is 0. The van der Waals surface area contributed by atoms with E-state index in [0.29, 0.717) is 12.0 Å². The molecule has 0 saturated carbocycles. The fourth-order valence-electron chi connectivity index (χ4n) is 1.66. The van der Waals surface area contributed by atoms with Crippen LogP contribution in [0.4, 0.5) is 0 Å². The number of rotatable bonds is 5. The van der Waals surface area contributed by atoms with Crippen molar-refractivity contribution in [2.24, 2.45) is 0 Å². The average molecular weight is 223 g/mol. The topological polar surface area (TPSA) is 12.0 Å². The van der Waals surface area contributed by atoms with Gasteiger partial charge >= 0.3 is 0 Å². The van der Waals surface area contributed by atoms with Gasteiger partial charge in [-0.2, -0.15) is 12.6 Å². The molecule has 0 radical (unpaired) electrons. The van der Waals surface area contributed by atoms with Crippen molar-refractivity contribution in [3.63, 3.8) is 0 Å². The smallest absolute Gasteiger partial charge is 0.0406 e. The predicted molar refractivity (Wildman–Crippen MR) is 70.8 cm³/mol. The van der Waals surface area contributed by atoms with Crippen LogP contribution in [0.1, 0.15) is 43.4 Å². The van der Waals surface area contributed by atoms with E-state index in [-0.39, 0.29) is 0 Å². The van der Waals surface area contributed by atoms with E-state index in [0.717, 1.165) is 5.75 Å². The van der Waals surface area contributed by atoms with E-state index in [1.54, 1.807) is 0 Å². The summed E-state index contributed by atoms with van der Waals surface area (Å²) in [5, 5.41) is 3.25. The third-order valence-electron chi connectivity index (χ3n) is 3.05. The molecule has 0 aliphatic rings. The first-order valence-electron chi connectivity index (χ1n) is 5.60. The maximum Gasteiger partial charge on any atom is 0.0406 e. The van der Waals surface area contributed by atoms with Crippen LogP contribution in [0, 0.1) is 0 Å². The minimum atomic E-state index is 0.360. The SMILES string of the molecule is CCC(C)c1ccc(C(CS)NC)cc1. The lowest BCUT2D eigenvalue weighted by atomic mass is 9.96. The van der Waals surface area contributed by atoms with E-state index in [1.807, 2.05) is 7.05 Å². The molecule has 0 heterocycles. The number of thiol groups is 1. The Morgan fingerprint density at radius 1 is 1.20 bits per heavy atom. The highest BCUT2D eigenvalue weighted by molar-refractivity contribution is 7.80. The summed E-state index contributed by atoms with van der Waals surface area (Å²) in [6.45, 7) is 4.49. The molecular weight excluding hydrogens is 202 g/mol. The molecule has 84 valence electrons. The summed E-state index contributed by atoms with van der Waals surface area (Å²) in [6.07, 6.45) is 1.20. The predicted octanol–water partition coefficient (Wildman–Crippen LogP) is 3.39. The van der Waals surface area contributed by atoms with Gasteiger partial charge in [0.2, 0.25) is 0 Å². The Kier molecular flexibility index (Phi) is 5.20. The second kappa shape index (κ2) is 6.19. The van der Waals surface area contributed by atoms with E-state index >= 15 is 0 Å². The summed E-state index contributed by atoms with van der Waals surface area (Å²) in [7, 11) is 1.98. The highest BCUT2D eigenvalue weighted by Gasteiger charge is 2.07. The molecule has 1 aromatic rings. The molecule has 1 nitrogen and oxygen atoms in total. The van der Waals surface area contributed by atoms with Crippen LogP contribution in [0.5, 0.6) is 0 Å². The van der Waals surface area contributed by atoms with Gasteiger partial charge in [0.15, 0.2) is 0 Å². The van der Waals surface area contributed by atoms with Crippen molar-refractivity contribution in [3.05, 3.63) is 35.4 Å². The highest BCUT2D eigenvalue weighted by Crippen LogP contribution is 2.21. The van der Waals surface area contributed by atoms with Crippen LogP contribution in [-0.2, 0) is 0 Å². The fraction of sp³-hybridized carbons (Fsp3) is 0.538. The molecule has 0 spiro atoms. The van der Waals surface area contributed by atoms with E-state index in [4.69, 9.17) is 0 Å². The Hall–Kier alpha value is -0.470. The van der Waals surface area contributed by atoms with Crippen molar-refractivity contribution in [1.82, 2.24) is 5.32 Å². The second-order valence-electron chi connectivity index (χ2n) is 4.00. The van der Waals surface area contributed by atoms with Crippen molar-refractivity contribution in [1.29, 1.82) is 0 Å². The standard InChI is InChI=1S/C13H21NS/c1-4-10(2)11-5-7-12(8-6-11)13(9-15)14-3/h5-8,10,13-15H,4,9H2,1-3H3. The van der Waals surface area contributed by atoms with Gasteiger partial charge in [-0.25, -0.2) is 0 Å². The molecule has 2 unspecified atom stereocenters. The Morgan fingerprint density at radius 2 is 1.73 bits per heavy atom. The Bertz CT molecular complexity index is 277. The van der Waals surface area contributed by atoms with E-state index in [2.05, 4.69) is 56.1 Å². The summed E-state index contributed by atoms with van der Waals surface area (Å²) < 4.78 is 0. The molecule has 2 heteroatoms. The Labute approximate surface area is 98.7 Å². The highest BCUT2D eigenvalue weighted by atomic mass is 32.1. The molecule has 0 aliphatic carbocycles. The van der Waals surface area contributed by atoms with Gasteiger partial charge < -0.3 is 5.32 Å². The molecule has 1 aromatic carbocycles. The first-order valence-corrected chi connectivity index (χ1v) is 6.24. The lowest BCUT2D eigenvalue weighted by Gasteiger charge is -2.15. The fourth-order valence-corrected chi connectivity index (χ4v) is 2.05. The molecule has 0 fully saturated rings. The minimum absolute atomic E-state index is 0.360. The Morgan fingerprint density at radius 3 is 2.13 bits per heavy atom. The monoisotopic (exact) mass is 223 g/mol. The van der Waals surface area contributed by atoms with Crippen LogP contribution in [0.25, 0.3) is 0 Å². The van der Waals surface area contributed by atoms with Crippen LogP contribution in [0.15, 0.2) is 24.3 Å².